The number of fused-ring (bicyclic) bond motifs is 2. The summed E-state index contributed by atoms with van der Waals surface area (Å²) in [5.41, 5.74) is 2.92. The summed E-state index contributed by atoms with van der Waals surface area (Å²) in [4.78, 5) is 58.5. The fourth-order valence-electron chi connectivity index (χ4n) is 11.7. The van der Waals surface area contributed by atoms with Gasteiger partial charge in [0.15, 0.2) is 11.2 Å². The normalized spacial score (nSPS) is 15.7. The van der Waals surface area contributed by atoms with Crippen LogP contribution < -0.4 is 61.7 Å². The van der Waals surface area contributed by atoms with Crippen molar-refractivity contribution in [3.8, 4) is 35.7 Å². The SMILES string of the molecule is C.C#CC1(O)COC1.CN1C(=O)[C@@H](NC(=O)C2=NN=C(Cc3ccccc3)C2)COc2ccc(C#CC3(O)COC3)cc21.CN1C(=O)[C@@H](NC(=O)c2n[nH]c(Cc3ccccc3)n2)COc2ccc(Br)cc21.[Cl][Pd][Cl].c1ccc(P(c2ccccc2)c2ccccc2)cc1.c1ccc(P(c2ccccc2)c2ccccc2)cc1. The number of benzene rings is 10. The summed E-state index contributed by atoms with van der Waals surface area (Å²) in [6.45, 7) is 0.947. The Hall–Kier alpha value is -10.3. The van der Waals surface area contributed by atoms with E-state index in [2.05, 4.69) is 256 Å². The molecule has 0 spiro atoms. The monoisotopic (exact) mass is 1740 g/mol. The molecule has 4 amide bonds. The molecule has 19 nitrogen and oxygen atoms in total. The number of carbonyl (C=O) groups is 4. The number of likely N-dealkylation sites (N-methyl/N-ethyl adjacent to an activating group) is 2. The number of nitrogens with one attached hydrogen (secondary N) is 3. The topological polar surface area (TPSA) is 242 Å². The molecule has 5 aliphatic heterocycles. The second-order valence-electron chi connectivity index (χ2n) is 25.8. The van der Waals surface area contributed by atoms with Crippen LogP contribution in [-0.4, -0.2) is 137 Å². The minimum absolute atomic E-state index is 0. The van der Waals surface area contributed by atoms with Crippen LogP contribution in [-0.2, 0) is 52.6 Å². The van der Waals surface area contributed by atoms with E-state index in [9.17, 15) is 24.3 Å². The Morgan fingerprint density at radius 3 is 1.33 bits per heavy atom. The Bertz CT molecular complexity index is 4810. The van der Waals surface area contributed by atoms with E-state index in [-0.39, 0.29) is 73.1 Å². The van der Waals surface area contributed by atoms with Gasteiger partial charge in [-0.2, -0.15) is 5.10 Å². The van der Waals surface area contributed by atoms with Gasteiger partial charge in [-0.3, -0.25) is 24.3 Å². The van der Waals surface area contributed by atoms with Gasteiger partial charge in [0.2, 0.25) is 5.82 Å². The third-order valence-electron chi connectivity index (χ3n) is 17.6. The Labute approximate surface area is 685 Å². The molecule has 11 aromatic rings. The number of nitrogens with zero attached hydrogens (tertiary/aromatic N) is 6. The first-order chi connectivity index (χ1) is 54.5. The number of amides is 4. The molecule has 2 atom stereocenters. The van der Waals surface area contributed by atoms with Crippen molar-refractivity contribution >= 4 is 129 Å². The first kappa shape index (κ1) is 85.1. The molecule has 580 valence electrons. The van der Waals surface area contributed by atoms with Crippen LogP contribution in [0.15, 0.2) is 294 Å². The number of anilines is 2. The van der Waals surface area contributed by atoms with Gasteiger partial charge in [-0.1, -0.05) is 284 Å². The van der Waals surface area contributed by atoms with Gasteiger partial charge >= 0.3 is 35.0 Å². The smallest absolute Gasteiger partial charge is 0.0134 e. The molecule has 16 rings (SSSR count). The van der Waals surface area contributed by atoms with Crippen molar-refractivity contribution in [1.82, 2.24) is 25.8 Å². The molecule has 2 saturated heterocycles. The van der Waals surface area contributed by atoms with Crippen LogP contribution in [0.4, 0.5) is 11.4 Å². The zero-order valence-corrected chi connectivity index (χ0v) is 67.3. The Morgan fingerprint density at radius 1 is 0.558 bits per heavy atom. The van der Waals surface area contributed by atoms with Crippen LogP contribution in [0.5, 0.6) is 11.5 Å². The summed E-state index contributed by atoms with van der Waals surface area (Å²) in [5, 5.41) is 47.7. The van der Waals surface area contributed by atoms with Crippen molar-refractivity contribution in [3.05, 3.63) is 312 Å². The Balaban J connectivity index is 0.000000157. The van der Waals surface area contributed by atoms with Crippen molar-refractivity contribution in [2.75, 3.05) is 63.5 Å². The van der Waals surface area contributed by atoms with E-state index in [1.54, 1.807) is 44.4 Å². The van der Waals surface area contributed by atoms with Gasteiger partial charge in [0.1, 0.15) is 48.3 Å². The average molecular weight is 1740 g/mol. The van der Waals surface area contributed by atoms with Crippen LogP contribution in [0.1, 0.15) is 47.0 Å². The fraction of sp³-hybridized carbons (Fsp3) is 0.182. The number of ether oxygens (including phenoxy) is 4. The first-order valence-corrected chi connectivity index (χ1v) is 42.8. The summed E-state index contributed by atoms with van der Waals surface area (Å²) < 4.78 is 22.0. The summed E-state index contributed by atoms with van der Waals surface area (Å²) in [5.74, 6) is 7.97. The first-order valence-electron chi connectivity index (χ1n) is 35.3. The molecule has 113 heavy (non-hydrogen) atoms. The Kier molecular flexibility index (Phi) is 32.1. The number of aromatic amines is 1. The van der Waals surface area contributed by atoms with E-state index < -0.39 is 50.9 Å². The maximum atomic E-state index is 13.1. The number of aromatic nitrogens is 3. The molecule has 0 saturated carbocycles. The van der Waals surface area contributed by atoms with Gasteiger partial charge in [0.25, 0.3) is 23.6 Å². The molecular formula is C88H82BrCl2N9O10P2Pd. The molecule has 5 N–H and O–H groups in total. The second-order valence-corrected chi connectivity index (χ2v) is 33.5. The van der Waals surface area contributed by atoms with Gasteiger partial charge in [-0.25, -0.2) is 4.98 Å². The third kappa shape index (κ3) is 24.1. The predicted octanol–water partition coefficient (Wildman–Crippen LogP) is 11.7. The number of halogens is 3. The van der Waals surface area contributed by atoms with Crippen molar-refractivity contribution < 1.29 is 64.3 Å². The minimum Gasteiger partial charge on any atom is -0.0622 e. The zero-order valence-electron chi connectivity index (χ0n) is 60.8. The van der Waals surface area contributed by atoms with Crippen molar-refractivity contribution in [2.45, 2.75) is 50.0 Å². The van der Waals surface area contributed by atoms with E-state index >= 15 is 0 Å². The van der Waals surface area contributed by atoms with Crippen LogP contribution in [0, 0.1) is 24.2 Å². The van der Waals surface area contributed by atoms with Crippen LogP contribution >= 0.6 is 50.8 Å². The number of carbonyl (C=O) groups excluding carboxylic acids is 4. The van der Waals surface area contributed by atoms with E-state index in [4.69, 9.17) is 44.8 Å². The summed E-state index contributed by atoms with van der Waals surface area (Å²) in [7, 11) is 12.0. The van der Waals surface area contributed by atoms with Gasteiger partial charge in [0.05, 0.1) is 43.5 Å². The van der Waals surface area contributed by atoms with Crippen LogP contribution in [0.25, 0.3) is 0 Å². The molecule has 2 fully saturated rings. The van der Waals surface area contributed by atoms with Crippen LogP contribution in [0.2, 0.25) is 0 Å². The number of terminal acetylenes is 1. The summed E-state index contributed by atoms with van der Waals surface area (Å²) in [6, 6.07) is 93.1. The van der Waals surface area contributed by atoms with Crippen molar-refractivity contribution in [2.24, 2.45) is 10.2 Å². The van der Waals surface area contributed by atoms with Gasteiger partial charge < -0.3 is 49.6 Å². The standard InChI is InChI=1S/C26H24N4O5.C20H18BrN5O3.2C18H15P.C5H6O2.CH4.2ClH.Pd/c1-30-22-12-18(9-10-26(33)15-34-16-26)7-8-23(22)35-14-21(25(30)32)27-24(31)20-13-19(28-29-20)11-17-5-3-2-4-6-17;1-26-15-10-13(21)7-8-16(15)29-11-14(20(26)28)22-19(27)18-23-17(24-25-18)9-12-5-3-2-4-6-12;2*1-4-10-16(11-5-1)19(17-12-6-2-7-13-17)18-14-8-3-9-15-18;1-2-5(6)3-7-4-5;;;;/h2-8,12,21,33H,11,13-16H2,1H3,(H,27,31);2-8,10,14H,9,11H2,1H3,(H,22,27)(H,23,24,25);2*1-15H;1,6H,3-4H2;1H4;2*1H;/q;;;;;;;;+2/p-2/t21-;14-;;;;;;;/m00......./s1. The number of H-pyrrole nitrogens is 1. The second kappa shape index (κ2) is 42.5. The molecule has 10 aromatic carbocycles. The van der Waals surface area contributed by atoms with E-state index in [0.717, 1.165) is 21.3 Å². The quantitative estimate of drug-likeness (QED) is 0.0388. The summed E-state index contributed by atoms with van der Waals surface area (Å²) in [6.07, 6.45) is 6.36. The molecule has 5 aliphatic rings. The third-order valence-corrected chi connectivity index (χ3v) is 23.0. The molecule has 25 heteroatoms. The molecule has 6 heterocycles. The molecule has 1 aromatic heterocycles. The van der Waals surface area contributed by atoms with Crippen LogP contribution in [0.3, 0.4) is 0 Å². The number of rotatable bonds is 14. The van der Waals surface area contributed by atoms with Crippen molar-refractivity contribution in [3.63, 3.8) is 0 Å². The van der Waals surface area contributed by atoms with E-state index in [0.29, 0.717) is 66.7 Å². The van der Waals surface area contributed by atoms with Gasteiger partial charge in [-0.05, 0) is 95.2 Å². The summed E-state index contributed by atoms with van der Waals surface area (Å²) >= 11 is 3.29. The molecule has 0 radical (unpaired) electrons. The van der Waals surface area contributed by atoms with E-state index in [1.165, 1.54) is 41.6 Å². The van der Waals surface area contributed by atoms with Gasteiger partial charge in [-0.15, -0.1) is 16.6 Å². The van der Waals surface area contributed by atoms with Crippen molar-refractivity contribution in [1.29, 1.82) is 0 Å². The molecule has 0 unspecified atom stereocenters. The number of hydrogen-bond acceptors (Lipinski definition) is 14. The molecule has 0 aliphatic carbocycles. The number of hydrogen-bond donors (Lipinski definition) is 5. The van der Waals surface area contributed by atoms with E-state index in [1.807, 2.05) is 66.7 Å². The predicted molar refractivity (Wildman–Crippen MR) is 453 cm³/mol. The fourth-order valence-corrected chi connectivity index (χ4v) is 16.7. The zero-order chi connectivity index (χ0) is 78.7. The minimum atomic E-state index is -1.13. The van der Waals surface area contributed by atoms with Gasteiger partial charge in [0, 0.05) is 43.4 Å². The maximum absolute atomic E-state index is 13.1. The average Bonchev–Trinajstić information content (AvgIpc) is 1.18. The maximum Gasteiger partial charge on any atom is -0.0134 e. The Morgan fingerprint density at radius 2 is 0.938 bits per heavy atom. The number of aliphatic hydroxyl groups is 2. The molecule has 0 bridgehead atoms. The molecular weight excluding hydrogens is 1660 g/mol. The largest absolute Gasteiger partial charge is 0.0622 e.